The molecule has 0 bridgehead atoms. The minimum Gasteiger partial charge on any atom is -0.310 e. The van der Waals surface area contributed by atoms with Gasteiger partial charge in [-0.2, -0.15) is 0 Å². The van der Waals surface area contributed by atoms with E-state index in [9.17, 15) is 8.78 Å². The van der Waals surface area contributed by atoms with Crippen LogP contribution in [-0.2, 0) is 6.42 Å². The van der Waals surface area contributed by atoms with Gasteiger partial charge in [-0.15, -0.1) is 11.3 Å². The molecular weight excluding hydrogens is 356 g/mol. The molecule has 1 aromatic heterocycles. The van der Waals surface area contributed by atoms with Gasteiger partial charge in [0.2, 0.25) is 0 Å². The van der Waals surface area contributed by atoms with Crippen LogP contribution in [0.25, 0.3) is 0 Å². The summed E-state index contributed by atoms with van der Waals surface area (Å²) < 4.78 is 28.6. The molecule has 0 amide bonds. The summed E-state index contributed by atoms with van der Waals surface area (Å²) in [6.45, 7) is 4.53. The van der Waals surface area contributed by atoms with Gasteiger partial charge in [0.1, 0.15) is 11.6 Å². The van der Waals surface area contributed by atoms with Crippen molar-refractivity contribution in [3.05, 3.63) is 55.7 Å². The highest BCUT2D eigenvalue weighted by atomic mass is 79.9. The van der Waals surface area contributed by atoms with Gasteiger partial charge in [-0.05, 0) is 59.6 Å². The molecule has 0 spiro atoms. The molecule has 0 aliphatic carbocycles. The Bertz CT molecular complexity index is 612. The average molecular weight is 374 g/mol. The van der Waals surface area contributed by atoms with E-state index in [0.717, 1.165) is 27.7 Å². The van der Waals surface area contributed by atoms with Crippen molar-refractivity contribution in [2.45, 2.75) is 32.7 Å². The fourth-order valence-electron chi connectivity index (χ4n) is 2.22. The van der Waals surface area contributed by atoms with Crippen LogP contribution in [0.3, 0.4) is 0 Å². The summed E-state index contributed by atoms with van der Waals surface area (Å²) in [5.74, 6) is -0.980. The number of nitrogens with one attached hydrogen (secondary N) is 1. The largest absolute Gasteiger partial charge is 0.310 e. The van der Waals surface area contributed by atoms with Crippen LogP contribution < -0.4 is 5.32 Å². The van der Waals surface area contributed by atoms with E-state index < -0.39 is 11.6 Å². The molecule has 0 aliphatic heterocycles. The number of thiophene rings is 1. The lowest BCUT2D eigenvalue weighted by Gasteiger charge is -2.20. The fourth-order valence-corrected chi connectivity index (χ4v) is 3.75. The number of aryl methyl sites for hydroxylation is 1. The predicted molar refractivity (Wildman–Crippen MR) is 87.9 cm³/mol. The molecule has 21 heavy (non-hydrogen) atoms. The van der Waals surface area contributed by atoms with Crippen LogP contribution in [0.5, 0.6) is 0 Å². The third-order valence-corrected chi connectivity index (χ3v) is 4.97. The van der Waals surface area contributed by atoms with Crippen molar-refractivity contribution in [2.24, 2.45) is 0 Å². The van der Waals surface area contributed by atoms with Crippen molar-refractivity contribution in [3.8, 4) is 0 Å². The number of halogens is 3. The van der Waals surface area contributed by atoms with Crippen molar-refractivity contribution in [1.29, 1.82) is 0 Å². The zero-order valence-electron chi connectivity index (χ0n) is 12.1. The summed E-state index contributed by atoms with van der Waals surface area (Å²) in [5, 5.41) is 3.36. The molecular formula is C16H18BrF2NS. The summed E-state index contributed by atoms with van der Waals surface area (Å²) in [7, 11) is 0. The Hall–Kier alpha value is -0.780. The molecule has 0 radical (unpaired) electrons. The van der Waals surface area contributed by atoms with E-state index in [2.05, 4.69) is 28.2 Å². The number of hydrogen-bond acceptors (Lipinski definition) is 2. The Labute approximate surface area is 136 Å². The molecule has 1 atom stereocenters. The van der Waals surface area contributed by atoms with Gasteiger partial charge < -0.3 is 5.32 Å². The molecule has 1 nitrogen and oxygen atoms in total. The second-order valence-electron chi connectivity index (χ2n) is 5.04. The van der Waals surface area contributed by atoms with Crippen molar-refractivity contribution in [1.82, 2.24) is 5.32 Å². The molecule has 1 heterocycles. The Morgan fingerprint density at radius 1 is 1.24 bits per heavy atom. The maximum atomic E-state index is 14.1. The first-order valence-electron chi connectivity index (χ1n) is 6.94. The van der Waals surface area contributed by atoms with E-state index >= 15 is 0 Å². The summed E-state index contributed by atoms with van der Waals surface area (Å²) in [4.78, 5) is 1.16. The van der Waals surface area contributed by atoms with E-state index in [-0.39, 0.29) is 6.04 Å². The van der Waals surface area contributed by atoms with Crippen molar-refractivity contribution < 1.29 is 8.78 Å². The molecule has 1 aromatic carbocycles. The SMILES string of the molecule is CCCNC(Cc1ccc(Br)s1)c1cc(C)c(F)cc1F. The van der Waals surface area contributed by atoms with Gasteiger partial charge in [-0.3, -0.25) is 0 Å². The zero-order valence-corrected chi connectivity index (χ0v) is 14.5. The monoisotopic (exact) mass is 373 g/mol. The van der Waals surface area contributed by atoms with E-state index in [1.165, 1.54) is 0 Å². The van der Waals surface area contributed by atoms with Crippen LogP contribution in [-0.4, -0.2) is 6.54 Å². The van der Waals surface area contributed by atoms with E-state index in [1.54, 1.807) is 24.3 Å². The van der Waals surface area contributed by atoms with E-state index in [0.29, 0.717) is 17.5 Å². The highest BCUT2D eigenvalue weighted by Gasteiger charge is 2.18. The standard InChI is InChI=1S/C16H18BrF2NS/c1-3-6-20-15(8-11-4-5-16(17)21-11)12-7-10(2)13(18)9-14(12)19/h4-5,7,9,15,20H,3,6,8H2,1-2H3. The van der Waals surface area contributed by atoms with Crippen LogP contribution >= 0.6 is 27.3 Å². The minimum atomic E-state index is -0.496. The highest BCUT2D eigenvalue weighted by molar-refractivity contribution is 9.11. The Morgan fingerprint density at radius 2 is 2.00 bits per heavy atom. The first-order valence-corrected chi connectivity index (χ1v) is 8.55. The van der Waals surface area contributed by atoms with Gasteiger partial charge in [0.05, 0.1) is 3.79 Å². The van der Waals surface area contributed by atoms with E-state index in [1.807, 2.05) is 12.1 Å². The topological polar surface area (TPSA) is 12.0 Å². The third kappa shape index (κ3) is 4.34. The average Bonchev–Trinajstić information content (AvgIpc) is 2.84. The molecule has 114 valence electrons. The van der Waals surface area contributed by atoms with E-state index in [4.69, 9.17) is 0 Å². The van der Waals surface area contributed by atoms with Gasteiger partial charge >= 0.3 is 0 Å². The zero-order chi connectivity index (χ0) is 15.4. The molecule has 2 rings (SSSR count). The minimum absolute atomic E-state index is 0.144. The first kappa shape index (κ1) is 16.6. The Kier molecular flexibility index (Phi) is 5.90. The first-order chi connectivity index (χ1) is 10.0. The maximum Gasteiger partial charge on any atom is 0.130 e. The Morgan fingerprint density at radius 3 is 2.62 bits per heavy atom. The van der Waals surface area contributed by atoms with Crippen molar-refractivity contribution in [3.63, 3.8) is 0 Å². The number of benzene rings is 1. The lowest BCUT2D eigenvalue weighted by Crippen LogP contribution is -2.25. The summed E-state index contributed by atoms with van der Waals surface area (Å²) in [6.07, 6.45) is 1.66. The van der Waals surface area contributed by atoms with Gasteiger partial charge in [0.25, 0.3) is 0 Å². The van der Waals surface area contributed by atoms with Crippen LogP contribution in [0, 0.1) is 18.6 Å². The highest BCUT2D eigenvalue weighted by Crippen LogP contribution is 2.29. The second-order valence-corrected chi connectivity index (χ2v) is 7.59. The van der Waals surface area contributed by atoms with Gasteiger partial charge in [0.15, 0.2) is 0 Å². The quantitative estimate of drug-likeness (QED) is 0.716. The van der Waals surface area contributed by atoms with Crippen LogP contribution in [0.2, 0.25) is 0 Å². The predicted octanol–water partition coefficient (Wildman–Crippen LogP) is 5.38. The molecule has 0 fully saturated rings. The number of hydrogen-bond donors (Lipinski definition) is 1. The normalized spacial score (nSPS) is 12.6. The number of rotatable bonds is 6. The molecule has 1 unspecified atom stereocenters. The summed E-state index contributed by atoms with van der Waals surface area (Å²) in [5.41, 5.74) is 1.01. The third-order valence-electron chi connectivity index (χ3n) is 3.33. The molecule has 5 heteroatoms. The van der Waals surface area contributed by atoms with Crippen molar-refractivity contribution in [2.75, 3.05) is 6.54 Å². The molecule has 0 saturated carbocycles. The van der Waals surface area contributed by atoms with Crippen molar-refractivity contribution >= 4 is 27.3 Å². The smallest absolute Gasteiger partial charge is 0.130 e. The van der Waals surface area contributed by atoms with Crippen LogP contribution in [0.1, 0.15) is 35.4 Å². The molecule has 1 N–H and O–H groups in total. The summed E-state index contributed by atoms with van der Waals surface area (Å²) in [6, 6.07) is 6.47. The lowest BCUT2D eigenvalue weighted by molar-refractivity contribution is 0.491. The second kappa shape index (κ2) is 7.47. The van der Waals surface area contributed by atoms with Gasteiger partial charge in [-0.25, -0.2) is 8.78 Å². The van der Waals surface area contributed by atoms with Gasteiger partial charge in [0, 0.05) is 29.0 Å². The Balaban J connectivity index is 2.28. The molecule has 0 aliphatic rings. The summed E-state index contributed by atoms with van der Waals surface area (Å²) >= 11 is 5.08. The molecule has 2 aromatic rings. The van der Waals surface area contributed by atoms with Gasteiger partial charge in [-0.1, -0.05) is 6.92 Å². The maximum absolute atomic E-state index is 14.1. The lowest BCUT2D eigenvalue weighted by atomic mass is 9.99. The van der Waals surface area contributed by atoms with Crippen LogP contribution in [0.15, 0.2) is 28.1 Å². The molecule has 0 saturated heterocycles. The van der Waals surface area contributed by atoms with Crippen LogP contribution in [0.4, 0.5) is 8.78 Å². The fraction of sp³-hybridized carbons (Fsp3) is 0.375.